The molecular formula is C11H12ClNO5. The maximum absolute atomic E-state index is 10.5. The molecule has 0 saturated carbocycles. The fourth-order valence-corrected chi connectivity index (χ4v) is 1.74. The number of benzene rings is 1. The fourth-order valence-electron chi connectivity index (χ4n) is 1.51. The van der Waals surface area contributed by atoms with Crippen molar-refractivity contribution < 1.29 is 19.1 Å². The van der Waals surface area contributed by atoms with Gasteiger partial charge < -0.3 is 14.2 Å². The number of nitro groups is 1. The Hall–Kier alpha value is -1.37. The van der Waals surface area contributed by atoms with E-state index in [1.807, 2.05) is 0 Å². The van der Waals surface area contributed by atoms with Gasteiger partial charge in [0.15, 0.2) is 6.29 Å². The number of halogens is 1. The largest absolute Gasteiger partial charge is 0.487 e. The van der Waals surface area contributed by atoms with Crippen molar-refractivity contribution in [2.75, 3.05) is 19.8 Å². The molecule has 0 N–H and O–H groups in total. The third-order valence-corrected chi connectivity index (χ3v) is 2.69. The first-order valence-electron chi connectivity index (χ1n) is 5.47. The Balaban J connectivity index is 1.94. The minimum atomic E-state index is -0.511. The Morgan fingerprint density at radius 3 is 2.78 bits per heavy atom. The first-order chi connectivity index (χ1) is 8.66. The number of nitro benzene ring substituents is 1. The zero-order valence-corrected chi connectivity index (χ0v) is 10.3. The van der Waals surface area contributed by atoms with Crippen LogP contribution in [0, 0.1) is 10.1 Å². The van der Waals surface area contributed by atoms with Gasteiger partial charge >= 0.3 is 0 Å². The number of hydrogen-bond donors (Lipinski definition) is 0. The normalized spacial score (nSPS) is 16.5. The summed E-state index contributed by atoms with van der Waals surface area (Å²) >= 11 is 5.88. The van der Waals surface area contributed by atoms with E-state index in [0.717, 1.165) is 6.42 Å². The van der Waals surface area contributed by atoms with Crippen molar-refractivity contribution in [2.45, 2.75) is 12.7 Å². The first-order valence-corrected chi connectivity index (χ1v) is 5.84. The van der Waals surface area contributed by atoms with E-state index in [1.165, 1.54) is 18.2 Å². The molecule has 1 aromatic carbocycles. The monoisotopic (exact) mass is 273 g/mol. The second-order valence-electron chi connectivity index (χ2n) is 3.71. The zero-order chi connectivity index (χ0) is 13.0. The topological polar surface area (TPSA) is 70.8 Å². The Labute approximate surface area is 109 Å². The van der Waals surface area contributed by atoms with E-state index in [2.05, 4.69) is 0 Å². The molecule has 18 heavy (non-hydrogen) atoms. The summed E-state index contributed by atoms with van der Waals surface area (Å²) in [6.07, 6.45) is 0.458. The summed E-state index contributed by atoms with van der Waals surface area (Å²) in [5, 5.41) is 10.7. The van der Waals surface area contributed by atoms with Gasteiger partial charge in [0.1, 0.15) is 12.4 Å². The molecule has 0 radical (unpaired) electrons. The van der Waals surface area contributed by atoms with Crippen LogP contribution < -0.4 is 4.74 Å². The van der Waals surface area contributed by atoms with E-state index < -0.39 is 11.2 Å². The van der Waals surface area contributed by atoms with Crippen molar-refractivity contribution in [3.63, 3.8) is 0 Å². The molecule has 2 rings (SSSR count). The fraction of sp³-hybridized carbons (Fsp3) is 0.455. The number of ether oxygens (including phenoxy) is 3. The Morgan fingerprint density at radius 1 is 1.44 bits per heavy atom. The highest BCUT2D eigenvalue weighted by Gasteiger charge is 2.16. The molecule has 0 atom stereocenters. The highest BCUT2D eigenvalue weighted by molar-refractivity contribution is 6.32. The minimum absolute atomic E-state index is 0.0717. The van der Waals surface area contributed by atoms with Gasteiger partial charge in [-0.2, -0.15) is 0 Å². The molecule has 0 bridgehead atoms. The lowest BCUT2D eigenvalue weighted by Gasteiger charge is -2.23. The molecule has 7 heteroatoms. The Bertz CT molecular complexity index is 433. The van der Waals surface area contributed by atoms with Crippen molar-refractivity contribution in [3.05, 3.63) is 33.3 Å². The SMILES string of the molecule is O=[N+]([O-])c1ccc(OCC2OCCCO2)c(Cl)c1. The highest BCUT2D eigenvalue weighted by atomic mass is 35.5. The molecule has 1 aliphatic rings. The summed E-state index contributed by atoms with van der Waals surface area (Å²) in [6.45, 7) is 1.49. The van der Waals surface area contributed by atoms with Crippen LogP contribution in [0.2, 0.25) is 5.02 Å². The van der Waals surface area contributed by atoms with Gasteiger partial charge in [0, 0.05) is 12.1 Å². The molecule has 0 unspecified atom stereocenters. The van der Waals surface area contributed by atoms with Gasteiger partial charge in [0.2, 0.25) is 0 Å². The van der Waals surface area contributed by atoms with E-state index in [-0.39, 0.29) is 17.3 Å². The Kier molecular flexibility index (Phi) is 4.35. The smallest absolute Gasteiger partial charge is 0.271 e. The number of nitrogens with zero attached hydrogens (tertiary/aromatic N) is 1. The van der Waals surface area contributed by atoms with Gasteiger partial charge in [-0.25, -0.2) is 0 Å². The zero-order valence-electron chi connectivity index (χ0n) is 9.50. The lowest BCUT2D eigenvalue weighted by molar-refractivity contribution is -0.384. The molecule has 1 aliphatic heterocycles. The van der Waals surface area contributed by atoms with Gasteiger partial charge in [0.05, 0.1) is 23.2 Å². The third kappa shape index (κ3) is 3.32. The summed E-state index contributed by atoms with van der Waals surface area (Å²) in [5.74, 6) is 0.375. The maximum Gasteiger partial charge on any atom is 0.271 e. The molecule has 1 heterocycles. The van der Waals surface area contributed by atoms with Gasteiger partial charge in [-0.05, 0) is 12.5 Å². The summed E-state index contributed by atoms with van der Waals surface area (Å²) in [5.41, 5.74) is -0.0717. The summed E-state index contributed by atoms with van der Waals surface area (Å²) in [7, 11) is 0. The molecule has 1 fully saturated rings. The van der Waals surface area contributed by atoms with Crippen LogP contribution in [0.5, 0.6) is 5.75 Å². The quantitative estimate of drug-likeness (QED) is 0.622. The number of non-ortho nitro benzene ring substituents is 1. The predicted molar refractivity (Wildman–Crippen MR) is 63.9 cm³/mol. The van der Waals surface area contributed by atoms with E-state index in [4.69, 9.17) is 25.8 Å². The van der Waals surface area contributed by atoms with Crippen LogP contribution in [-0.4, -0.2) is 31.0 Å². The third-order valence-electron chi connectivity index (χ3n) is 2.40. The van der Waals surface area contributed by atoms with Crippen molar-refractivity contribution in [1.29, 1.82) is 0 Å². The molecule has 1 saturated heterocycles. The number of hydrogen-bond acceptors (Lipinski definition) is 5. The van der Waals surface area contributed by atoms with Crippen LogP contribution in [-0.2, 0) is 9.47 Å². The van der Waals surface area contributed by atoms with Gasteiger partial charge in [0.25, 0.3) is 5.69 Å². The van der Waals surface area contributed by atoms with E-state index >= 15 is 0 Å². The molecule has 0 amide bonds. The molecular weight excluding hydrogens is 262 g/mol. The molecule has 6 nitrogen and oxygen atoms in total. The van der Waals surface area contributed by atoms with Crippen LogP contribution in [0.25, 0.3) is 0 Å². The first kappa shape index (κ1) is 13.1. The lowest BCUT2D eigenvalue weighted by atomic mass is 10.3. The van der Waals surface area contributed by atoms with E-state index in [0.29, 0.717) is 19.0 Å². The van der Waals surface area contributed by atoms with E-state index in [9.17, 15) is 10.1 Å². The lowest BCUT2D eigenvalue weighted by Crippen LogP contribution is -2.30. The van der Waals surface area contributed by atoms with Crippen molar-refractivity contribution in [1.82, 2.24) is 0 Å². The van der Waals surface area contributed by atoms with E-state index in [1.54, 1.807) is 0 Å². The van der Waals surface area contributed by atoms with Crippen molar-refractivity contribution in [3.8, 4) is 5.75 Å². The minimum Gasteiger partial charge on any atom is -0.487 e. The van der Waals surface area contributed by atoms with Crippen LogP contribution in [0.1, 0.15) is 6.42 Å². The predicted octanol–water partition coefficient (Wildman–Crippen LogP) is 2.39. The van der Waals surface area contributed by atoms with Crippen LogP contribution in [0.15, 0.2) is 18.2 Å². The van der Waals surface area contributed by atoms with Crippen LogP contribution in [0.4, 0.5) is 5.69 Å². The second kappa shape index (κ2) is 5.99. The van der Waals surface area contributed by atoms with Gasteiger partial charge in [-0.15, -0.1) is 0 Å². The second-order valence-corrected chi connectivity index (χ2v) is 4.11. The average molecular weight is 274 g/mol. The molecule has 98 valence electrons. The summed E-state index contributed by atoms with van der Waals surface area (Å²) < 4.78 is 16.0. The van der Waals surface area contributed by atoms with Crippen LogP contribution >= 0.6 is 11.6 Å². The van der Waals surface area contributed by atoms with Crippen molar-refractivity contribution >= 4 is 17.3 Å². The highest BCUT2D eigenvalue weighted by Crippen LogP contribution is 2.28. The molecule has 0 spiro atoms. The van der Waals surface area contributed by atoms with Crippen molar-refractivity contribution in [2.24, 2.45) is 0 Å². The average Bonchev–Trinajstić information content (AvgIpc) is 2.38. The standard InChI is InChI=1S/C11H12ClNO5/c12-9-6-8(13(14)15)2-3-10(9)18-7-11-16-4-1-5-17-11/h2-3,6,11H,1,4-5,7H2. The van der Waals surface area contributed by atoms with Crippen LogP contribution in [0.3, 0.4) is 0 Å². The molecule has 1 aromatic rings. The molecule has 0 aliphatic carbocycles. The number of rotatable bonds is 4. The van der Waals surface area contributed by atoms with Gasteiger partial charge in [-0.1, -0.05) is 11.6 Å². The Morgan fingerprint density at radius 2 is 2.17 bits per heavy atom. The maximum atomic E-state index is 10.5. The van der Waals surface area contributed by atoms with Gasteiger partial charge in [-0.3, -0.25) is 10.1 Å². The summed E-state index contributed by atoms with van der Waals surface area (Å²) in [6, 6.07) is 4.05. The molecule has 0 aromatic heterocycles. The summed E-state index contributed by atoms with van der Waals surface area (Å²) in [4.78, 5) is 10.0.